The molecule has 0 aliphatic heterocycles. The lowest BCUT2D eigenvalue weighted by Gasteiger charge is -2.27. The lowest BCUT2D eigenvalue weighted by Crippen LogP contribution is -2.31. The highest BCUT2D eigenvalue weighted by atomic mass is 35.5. The number of benzene rings is 1. The van der Waals surface area contributed by atoms with Crippen molar-refractivity contribution in [1.82, 2.24) is 9.88 Å². The smallest absolute Gasteiger partial charge is 0.357 e. The summed E-state index contributed by atoms with van der Waals surface area (Å²) in [7, 11) is 0. The first-order chi connectivity index (χ1) is 10.9. The third-order valence-electron chi connectivity index (χ3n) is 3.69. The number of carboxylic acids is 1. The summed E-state index contributed by atoms with van der Waals surface area (Å²) in [5.74, 6) is -0.720. The van der Waals surface area contributed by atoms with Gasteiger partial charge < -0.3 is 9.52 Å². The van der Waals surface area contributed by atoms with Gasteiger partial charge in [0.25, 0.3) is 0 Å². The summed E-state index contributed by atoms with van der Waals surface area (Å²) < 4.78 is 5.25. The van der Waals surface area contributed by atoms with Crippen molar-refractivity contribution in [3.8, 4) is 0 Å². The van der Waals surface area contributed by atoms with E-state index < -0.39 is 5.97 Å². The zero-order valence-corrected chi connectivity index (χ0v) is 14.4. The lowest BCUT2D eigenvalue weighted by atomic mass is 10.1. The van der Waals surface area contributed by atoms with Gasteiger partial charge in [0.1, 0.15) is 6.26 Å². The Balaban J connectivity index is 2.15. The molecular weight excluding hydrogens is 339 g/mol. The van der Waals surface area contributed by atoms with Crippen LogP contribution in [0, 0.1) is 0 Å². The van der Waals surface area contributed by atoms with Crippen molar-refractivity contribution < 1.29 is 14.3 Å². The molecule has 1 N–H and O–H groups in total. The molecule has 5 nitrogen and oxygen atoms in total. The molecule has 0 fully saturated rings. The molecule has 0 radical (unpaired) electrons. The molecule has 1 aromatic heterocycles. The number of hydrogen-bond donors (Lipinski definition) is 1. The second-order valence-electron chi connectivity index (χ2n) is 5.34. The van der Waals surface area contributed by atoms with Crippen molar-refractivity contribution >= 4 is 29.2 Å². The normalized spacial score (nSPS) is 12.6. The summed E-state index contributed by atoms with van der Waals surface area (Å²) in [6.07, 6.45) is 2.10. The molecule has 2 aromatic rings. The van der Waals surface area contributed by atoms with E-state index in [2.05, 4.69) is 23.7 Å². The van der Waals surface area contributed by atoms with Crippen LogP contribution in [0.5, 0.6) is 0 Å². The van der Waals surface area contributed by atoms with E-state index in [-0.39, 0.29) is 11.7 Å². The quantitative estimate of drug-likeness (QED) is 0.791. The average Bonchev–Trinajstić information content (AvgIpc) is 2.98. The van der Waals surface area contributed by atoms with E-state index in [4.69, 9.17) is 32.7 Å². The molecule has 1 unspecified atom stereocenters. The molecule has 124 valence electrons. The van der Waals surface area contributed by atoms with Gasteiger partial charge >= 0.3 is 5.97 Å². The molecule has 1 heterocycles. The van der Waals surface area contributed by atoms with E-state index in [1.165, 1.54) is 0 Å². The number of carbonyl (C=O) groups is 1. The first-order valence-corrected chi connectivity index (χ1v) is 8.02. The monoisotopic (exact) mass is 356 g/mol. The summed E-state index contributed by atoms with van der Waals surface area (Å²) in [6.45, 7) is 5.24. The number of hydrogen-bond acceptors (Lipinski definition) is 4. The van der Waals surface area contributed by atoms with Crippen molar-refractivity contribution in [1.29, 1.82) is 0 Å². The van der Waals surface area contributed by atoms with Gasteiger partial charge in [0.2, 0.25) is 5.89 Å². The number of aromatic carboxylic acids is 1. The van der Waals surface area contributed by atoms with Crippen LogP contribution in [0.1, 0.15) is 42.2 Å². The van der Waals surface area contributed by atoms with Crippen molar-refractivity contribution in [2.75, 3.05) is 0 Å². The summed E-state index contributed by atoms with van der Waals surface area (Å²) in [4.78, 5) is 17.0. The molecule has 0 spiro atoms. The second kappa shape index (κ2) is 7.81. The van der Waals surface area contributed by atoms with Gasteiger partial charge in [-0.25, -0.2) is 9.78 Å². The minimum Gasteiger partial charge on any atom is -0.476 e. The maximum absolute atomic E-state index is 10.9. The Morgan fingerprint density at radius 1 is 1.35 bits per heavy atom. The topological polar surface area (TPSA) is 66.6 Å². The van der Waals surface area contributed by atoms with Crippen molar-refractivity contribution in [3.05, 3.63) is 51.7 Å². The maximum atomic E-state index is 10.9. The predicted molar refractivity (Wildman–Crippen MR) is 88.9 cm³/mol. The van der Waals surface area contributed by atoms with Gasteiger partial charge in [-0.15, -0.1) is 0 Å². The minimum atomic E-state index is -1.10. The summed E-state index contributed by atoms with van der Waals surface area (Å²) >= 11 is 12.0. The third-order valence-corrected chi connectivity index (χ3v) is 4.43. The van der Waals surface area contributed by atoms with Gasteiger partial charge in [0.15, 0.2) is 5.69 Å². The van der Waals surface area contributed by atoms with Gasteiger partial charge in [0, 0.05) is 12.6 Å². The Morgan fingerprint density at radius 2 is 2.09 bits per heavy atom. The molecule has 0 aliphatic rings. The van der Waals surface area contributed by atoms with E-state index >= 15 is 0 Å². The standard InChI is InChI=1S/C16H18Cl2N2O3/c1-3-10(2)20(7-11-4-5-12(17)13(18)6-11)8-15-19-14(9-23-15)16(21)22/h4-6,9-10H,3,7-8H2,1-2H3,(H,21,22). The van der Waals surface area contributed by atoms with Gasteiger partial charge in [-0.05, 0) is 31.0 Å². The Labute approximate surface area is 144 Å². The van der Waals surface area contributed by atoms with Crippen LogP contribution < -0.4 is 0 Å². The molecular formula is C16H18Cl2N2O3. The third kappa shape index (κ3) is 4.70. The van der Waals surface area contributed by atoms with E-state index in [0.717, 1.165) is 18.2 Å². The van der Waals surface area contributed by atoms with Crippen molar-refractivity contribution in [2.45, 2.75) is 39.4 Å². The van der Waals surface area contributed by atoms with Crippen LogP contribution in [0.25, 0.3) is 0 Å². The first kappa shape index (κ1) is 17.8. The summed E-state index contributed by atoms with van der Waals surface area (Å²) in [5.41, 5.74) is 0.934. The molecule has 0 saturated carbocycles. The number of nitrogens with zero attached hydrogens (tertiary/aromatic N) is 2. The molecule has 0 bridgehead atoms. The zero-order valence-electron chi connectivity index (χ0n) is 12.9. The first-order valence-electron chi connectivity index (χ1n) is 7.26. The fourth-order valence-electron chi connectivity index (χ4n) is 2.15. The predicted octanol–water partition coefficient (Wildman–Crippen LogP) is 4.48. The van der Waals surface area contributed by atoms with Crippen LogP contribution in [0.15, 0.2) is 28.9 Å². The molecule has 0 aliphatic carbocycles. The van der Waals surface area contributed by atoms with Gasteiger partial charge in [0.05, 0.1) is 16.6 Å². The molecule has 7 heteroatoms. The molecule has 23 heavy (non-hydrogen) atoms. The molecule has 0 saturated heterocycles. The van der Waals surface area contributed by atoms with Crippen molar-refractivity contribution in [3.63, 3.8) is 0 Å². The summed E-state index contributed by atoms with van der Waals surface area (Å²) in [6, 6.07) is 5.78. The van der Waals surface area contributed by atoms with E-state index in [9.17, 15) is 4.79 Å². The fourth-order valence-corrected chi connectivity index (χ4v) is 2.47. The molecule has 2 rings (SSSR count). The van der Waals surface area contributed by atoms with Crippen molar-refractivity contribution in [2.24, 2.45) is 0 Å². The average molecular weight is 357 g/mol. The molecule has 1 atom stereocenters. The van der Waals surface area contributed by atoms with Gasteiger partial charge in [-0.1, -0.05) is 36.2 Å². The van der Waals surface area contributed by atoms with Gasteiger partial charge in [-0.3, -0.25) is 4.90 Å². The minimum absolute atomic E-state index is 0.0846. The van der Waals surface area contributed by atoms with E-state index in [1.807, 2.05) is 12.1 Å². The zero-order chi connectivity index (χ0) is 17.0. The lowest BCUT2D eigenvalue weighted by molar-refractivity contribution is 0.0690. The number of aromatic nitrogens is 1. The van der Waals surface area contributed by atoms with Crippen LogP contribution in [-0.4, -0.2) is 27.0 Å². The van der Waals surface area contributed by atoms with Crippen LogP contribution >= 0.6 is 23.2 Å². The van der Waals surface area contributed by atoms with Crippen LogP contribution in [0.3, 0.4) is 0 Å². The highest BCUT2D eigenvalue weighted by Gasteiger charge is 2.18. The maximum Gasteiger partial charge on any atom is 0.357 e. The SMILES string of the molecule is CCC(C)N(Cc1ccc(Cl)c(Cl)c1)Cc1nc(C(=O)O)co1. The second-order valence-corrected chi connectivity index (χ2v) is 6.16. The number of halogens is 2. The van der Waals surface area contributed by atoms with E-state index in [1.54, 1.807) is 6.07 Å². The number of rotatable bonds is 7. The van der Waals surface area contributed by atoms with Crippen LogP contribution in [-0.2, 0) is 13.1 Å². The van der Waals surface area contributed by atoms with Gasteiger partial charge in [-0.2, -0.15) is 0 Å². The fraction of sp³-hybridized carbons (Fsp3) is 0.375. The Morgan fingerprint density at radius 3 is 2.65 bits per heavy atom. The molecule has 0 amide bonds. The van der Waals surface area contributed by atoms with E-state index in [0.29, 0.717) is 29.0 Å². The molecule has 1 aromatic carbocycles. The highest BCUT2D eigenvalue weighted by Crippen LogP contribution is 2.24. The Kier molecular flexibility index (Phi) is 6.04. The highest BCUT2D eigenvalue weighted by molar-refractivity contribution is 6.42. The van der Waals surface area contributed by atoms with Crippen LogP contribution in [0.4, 0.5) is 0 Å². The number of carboxylic acid groups (broad SMARTS) is 1. The number of oxazole rings is 1. The largest absolute Gasteiger partial charge is 0.476 e. The van der Waals surface area contributed by atoms with Crippen LogP contribution in [0.2, 0.25) is 10.0 Å². The Bertz CT molecular complexity index is 688. The summed E-state index contributed by atoms with van der Waals surface area (Å²) in [5, 5.41) is 9.95. The Hall–Kier alpha value is -1.56.